The van der Waals surface area contributed by atoms with Crippen molar-refractivity contribution in [3.05, 3.63) is 63.6 Å². The molecule has 0 saturated heterocycles. The van der Waals surface area contributed by atoms with Crippen LogP contribution in [0.15, 0.2) is 41.2 Å². The van der Waals surface area contributed by atoms with Crippen LogP contribution >= 0.6 is 0 Å². The summed E-state index contributed by atoms with van der Waals surface area (Å²) in [4.78, 5) is 24.3. The summed E-state index contributed by atoms with van der Waals surface area (Å²) in [5, 5.41) is 0. The van der Waals surface area contributed by atoms with Crippen LogP contribution in [0.2, 0.25) is 0 Å². The number of aromatic nitrogens is 1. The first-order chi connectivity index (χ1) is 9.58. The van der Waals surface area contributed by atoms with Gasteiger partial charge < -0.3 is 9.30 Å². The van der Waals surface area contributed by atoms with Crippen LogP contribution in [0.1, 0.15) is 29.2 Å². The van der Waals surface area contributed by atoms with Gasteiger partial charge in [-0.15, -0.1) is 0 Å². The predicted octanol–water partition coefficient (Wildman–Crippen LogP) is 2.13. The molecule has 4 heteroatoms. The minimum Gasteiger partial charge on any atom is -0.426 e. The van der Waals surface area contributed by atoms with Gasteiger partial charge in [0.25, 0.3) is 5.56 Å². The molecule has 0 amide bonds. The molecule has 0 spiro atoms. The summed E-state index contributed by atoms with van der Waals surface area (Å²) in [5.41, 5.74) is 2.21. The van der Waals surface area contributed by atoms with Crippen molar-refractivity contribution in [1.29, 1.82) is 0 Å². The van der Waals surface area contributed by atoms with Gasteiger partial charge in [-0.3, -0.25) is 9.59 Å². The average Bonchev–Trinajstić information content (AvgIpc) is 2.45. The number of aryl methyl sites for hydroxylation is 1. The largest absolute Gasteiger partial charge is 0.426 e. The molecule has 0 unspecified atom stereocenters. The summed E-state index contributed by atoms with van der Waals surface area (Å²) in [6, 6.07) is 11.4. The first-order valence-corrected chi connectivity index (χ1v) is 6.54. The highest BCUT2D eigenvalue weighted by atomic mass is 16.5. The lowest BCUT2D eigenvalue weighted by atomic mass is 9.87. The van der Waals surface area contributed by atoms with E-state index in [1.165, 1.54) is 0 Å². The number of fused-ring (bicyclic) bond motifs is 1. The minimum absolute atomic E-state index is 0.0960. The highest BCUT2D eigenvalue weighted by molar-refractivity contribution is 5.77. The third-order valence-corrected chi connectivity index (χ3v) is 3.81. The number of benzene rings is 1. The van der Waals surface area contributed by atoms with Gasteiger partial charge in [-0.2, -0.15) is 0 Å². The first kappa shape index (κ1) is 12.7. The molecule has 1 aromatic carbocycles. The highest BCUT2D eigenvalue weighted by Crippen LogP contribution is 2.36. The van der Waals surface area contributed by atoms with Crippen LogP contribution < -0.4 is 10.3 Å². The molecular weight excluding hydrogens is 254 g/mol. The Morgan fingerprint density at radius 3 is 2.60 bits per heavy atom. The van der Waals surface area contributed by atoms with Crippen molar-refractivity contribution in [2.24, 2.45) is 7.05 Å². The number of nitrogens with zero attached hydrogens (tertiary/aromatic N) is 1. The molecule has 1 aromatic heterocycles. The van der Waals surface area contributed by atoms with E-state index in [9.17, 15) is 9.59 Å². The van der Waals surface area contributed by atoms with Gasteiger partial charge in [-0.1, -0.05) is 30.3 Å². The lowest BCUT2D eigenvalue weighted by molar-refractivity contribution is -0.135. The lowest BCUT2D eigenvalue weighted by Gasteiger charge is -2.25. The topological polar surface area (TPSA) is 48.3 Å². The number of carbonyl (C=O) groups is 1. The molecule has 0 bridgehead atoms. The van der Waals surface area contributed by atoms with E-state index in [0.29, 0.717) is 11.3 Å². The van der Waals surface area contributed by atoms with Crippen molar-refractivity contribution in [3.8, 4) is 5.75 Å². The van der Waals surface area contributed by atoms with Gasteiger partial charge in [0.05, 0.1) is 12.0 Å². The van der Waals surface area contributed by atoms with Crippen LogP contribution in [0.25, 0.3) is 0 Å². The van der Waals surface area contributed by atoms with Gasteiger partial charge in [-0.25, -0.2) is 0 Å². The molecule has 4 nitrogen and oxygen atoms in total. The third-order valence-electron chi connectivity index (χ3n) is 3.81. The maximum Gasteiger partial charge on any atom is 0.312 e. The van der Waals surface area contributed by atoms with E-state index in [0.717, 1.165) is 11.3 Å². The van der Waals surface area contributed by atoms with E-state index < -0.39 is 0 Å². The van der Waals surface area contributed by atoms with Crippen LogP contribution in [0.3, 0.4) is 0 Å². The number of pyridine rings is 1. The molecule has 0 radical (unpaired) electrons. The Morgan fingerprint density at radius 1 is 1.20 bits per heavy atom. The molecule has 0 N–H and O–H groups in total. The van der Waals surface area contributed by atoms with Crippen molar-refractivity contribution in [2.75, 3.05) is 0 Å². The average molecular weight is 269 g/mol. The fourth-order valence-corrected chi connectivity index (χ4v) is 2.62. The summed E-state index contributed by atoms with van der Waals surface area (Å²) < 4.78 is 6.84. The SMILES string of the molecule is Cc1cc2c(c(=O)n1C)[C@H](c1ccccc1)CC(=O)O2. The normalized spacial score (nSPS) is 17.5. The molecule has 0 saturated carbocycles. The summed E-state index contributed by atoms with van der Waals surface area (Å²) in [5.74, 6) is -0.124. The number of hydrogen-bond donors (Lipinski definition) is 0. The predicted molar refractivity (Wildman–Crippen MR) is 75.0 cm³/mol. The van der Waals surface area contributed by atoms with Crippen LogP contribution in [0.4, 0.5) is 0 Å². The number of hydrogen-bond acceptors (Lipinski definition) is 3. The summed E-state index contributed by atoms with van der Waals surface area (Å²) in [6.07, 6.45) is 0.204. The molecule has 0 aliphatic carbocycles. The zero-order valence-corrected chi connectivity index (χ0v) is 11.4. The highest BCUT2D eigenvalue weighted by Gasteiger charge is 2.31. The van der Waals surface area contributed by atoms with E-state index in [1.807, 2.05) is 37.3 Å². The molecule has 2 aromatic rings. The van der Waals surface area contributed by atoms with Gasteiger partial charge in [0, 0.05) is 24.7 Å². The Kier molecular flexibility index (Phi) is 2.93. The smallest absolute Gasteiger partial charge is 0.312 e. The van der Waals surface area contributed by atoms with E-state index in [2.05, 4.69) is 0 Å². The Morgan fingerprint density at radius 2 is 1.90 bits per heavy atom. The molecule has 1 aliphatic rings. The van der Waals surface area contributed by atoms with E-state index in [-0.39, 0.29) is 23.9 Å². The monoisotopic (exact) mass is 269 g/mol. The first-order valence-electron chi connectivity index (χ1n) is 6.54. The standard InChI is InChI=1S/C16H15NO3/c1-10-8-13-15(16(19)17(10)2)12(9-14(18)20-13)11-6-4-3-5-7-11/h3-8,12H,9H2,1-2H3/t12-/m0/s1. The second-order valence-corrected chi connectivity index (χ2v) is 5.07. The molecule has 102 valence electrons. The molecule has 20 heavy (non-hydrogen) atoms. The zero-order valence-electron chi connectivity index (χ0n) is 11.4. The Labute approximate surface area is 116 Å². The summed E-state index contributed by atoms with van der Waals surface area (Å²) in [6.45, 7) is 1.82. The molecule has 1 aliphatic heterocycles. The molecule has 3 rings (SSSR count). The van der Waals surface area contributed by atoms with Gasteiger partial charge in [0.2, 0.25) is 0 Å². The second-order valence-electron chi connectivity index (χ2n) is 5.07. The van der Waals surface area contributed by atoms with Crippen LogP contribution in [0.5, 0.6) is 5.75 Å². The van der Waals surface area contributed by atoms with Gasteiger partial charge >= 0.3 is 5.97 Å². The fourth-order valence-electron chi connectivity index (χ4n) is 2.62. The number of carbonyl (C=O) groups excluding carboxylic acids is 1. The number of esters is 1. The zero-order chi connectivity index (χ0) is 14.3. The Bertz CT molecular complexity index is 731. The fraction of sp³-hybridized carbons (Fsp3) is 0.250. The van der Waals surface area contributed by atoms with Gasteiger partial charge in [0.15, 0.2) is 0 Å². The molecule has 1 atom stereocenters. The third kappa shape index (κ3) is 1.93. The van der Waals surface area contributed by atoms with Crippen molar-refractivity contribution < 1.29 is 9.53 Å². The summed E-state index contributed by atoms with van der Waals surface area (Å²) in [7, 11) is 1.73. The maximum absolute atomic E-state index is 12.5. The van der Waals surface area contributed by atoms with Crippen LogP contribution in [0, 0.1) is 6.92 Å². The number of rotatable bonds is 1. The maximum atomic E-state index is 12.5. The van der Waals surface area contributed by atoms with Crippen molar-refractivity contribution in [1.82, 2.24) is 4.57 Å². The molecule has 0 fully saturated rings. The van der Waals surface area contributed by atoms with E-state index >= 15 is 0 Å². The van der Waals surface area contributed by atoms with Gasteiger partial charge in [-0.05, 0) is 12.5 Å². The summed E-state index contributed by atoms with van der Waals surface area (Å²) >= 11 is 0. The van der Waals surface area contributed by atoms with E-state index in [1.54, 1.807) is 17.7 Å². The van der Waals surface area contributed by atoms with E-state index in [4.69, 9.17) is 4.74 Å². The van der Waals surface area contributed by atoms with Crippen molar-refractivity contribution >= 4 is 5.97 Å². The van der Waals surface area contributed by atoms with Crippen LogP contribution in [-0.2, 0) is 11.8 Å². The van der Waals surface area contributed by atoms with Crippen LogP contribution in [-0.4, -0.2) is 10.5 Å². The quantitative estimate of drug-likeness (QED) is 0.745. The molecule has 2 heterocycles. The van der Waals surface area contributed by atoms with Crippen molar-refractivity contribution in [3.63, 3.8) is 0 Å². The molecular formula is C16H15NO3. The van der Waals surface area contributed by atoms with Gasteiger partial charge in [0.1, 0.15) is 5.75 Å². The lowest BCUT2D eigenvalue weighted by Crippen LogP contribution is -2.31. The Hall–Kier alpha value is -2.36. The van der Waals surface area contributed by atoms with Crippen molar-refractivity contribution in [2.45, 2.75) is 19.3 Å². The number of ether oxygens (including phenoxy) is 1. The Balaban J connectivity index is 2.25. The minimum atomic E-state index is -0.293. The second kappa shape index (κ2) is 4.63.